The van der Waals surface area contributed by atoms with Crippen LogP contribution in [0.3, 0.4) is 0 Å². The first-order valence-corrected chi connectivity index (χ1v) is 10.6. The molecule has 0 saturated heterocycles. The zero-order chi connectivity index (χ0) is 22.2. The second kappa shape index (κ2) is 8.00. The van der Waals surface area contributed by atoms with Crippen molar-refractivity contribution in [2.45, 2.75) is 27.0 Å². The van der Waals surface area contributed by atoms with Gasteiger partial charge in [-0.3, -0.25) is 4.79 Å². The Hall–Kier alpha value is -3.86. The van der Waals surface area contributed by atoms with Crippen LogP contribution in [0.2, 0.25) is 0 Å². The number of carbonyl (C=O) groups excluding carboxylic acids is 1. The molecule has 5 heteroatoms. The van der Waals surface area contributed by atoms with Gasteiger partial charge in [0.05, 0.1) is 5.56 Å². The third-order valence-electron chi connectivity index (χ3n) is 5.79. The Labute approximate surface area is 185 Å². The molecule has 0 atom stereocenters. The van der Waals surface area contributed by atoms with Gasteiger partial charge < -0.3 is 14.0 Å². The van der Waals surface area contributed by atoms with E-state index >= 15 is 0 Å². The molecule has 0 N–H and O–H groups in total. The molecule has 0 amide bonds. The molecule has 5 rings (SSSR count). The fourth-order valence-electron chi connectivity index (χ4n) is 4.06. The summed E-state index contributed by atoms with van der Waals surface area (Å²) < 4.78 is 27.2. The molecule has 0 aliphatic carbocycles. The monoisotopic (exact) mass is 427 g/mol. The highest BCUT2D eigenvalue weighted by molar-refractivity contribution is 6.15. The Bertz CT molecular complexity index is 1370. The van der Waals surface area contributed by atoms with Gasteiger partial charge in [-0.05, 0) is 55.8 Å². The number of hydrogen-bond donors (Lipinski definition) is 0. The van der Waals surface area contributed by atoms with Crippen molar-refractivity contribution >= 4 is 22.8 Å². The SMILES string of the molecule is CCn1cc(/C=C2\Oc3c(ccc(OCc4ccc(F)cc4)c3C)C2=O)c2ccccc21. The lowest BCUT2D eigenvalue weighted by Gasteiger charge is -2.11. The minimum Gasteiger partial charge on any atom is -0.488 e. The number of benzene rings is 3. The number of hydrogen-bond acceptors (Lipinski definition) is 3. The third kappa shape index (κ3) is 3.46. The molecular formula is C27H22FNO3. The van der Waals surface area contributed by atoms with Crippen LogP contribution >= 0.6 is 0 Å². The number of ether oxygens (including phenoxy) is 2. The lowest BCUT2D eigenvalue weighted by molar-refractivity contribution is 0.101. The maximum atomic E-state index is 13.1. The second-order valence-electron chi connectivity index (χ2n) is 7.81. The highest BCUT2D eigenvalue weighted by Crippen LogP contribution is 2.40. The van der Waals surface area contributed by atoms with Gasteiger partial charge >= 0.3 is 0 Å². The molecule has 1 aromatic heterocycles. The van der Waals surface area contributed by atoms with Gasteiger partial charge in [0, 0.05) is 34.8 Å². The van der Waals surface area contributed by atoms with Crippen molar-refractivity contribution in [3.8, 4) is 11.5 Å². The van der Waals surface area contributed by atoms with E-state index in [1.54, 1.807) is 24.3 Å². The second-order valence-corrected chi connectivity index (χ2v) is 7.81. The van der Waals surface area contributed by atoms with E-state index in [1.807, 2.05) is 37.4 Å². The summed E-state index contributed by atoms with van der Waals surface area (Å²) in [5, 5.41) is 1.08. The minimum absolute atomic E-state index is 0.137. The van der Waals surface area contributed by atoms with Gasteiger partial charge in [-0.1, -0.05) is 30.3 Å². The van der Waals surface area contributed by atoms with Crippen LogP contribution in [0.4, 0.5) is 4.39 Å². The molecule has 0 radical (unpaired) electrons. The first-order valence-electron chi connectivity index (χ1n) is 10.6. The van der Waals surface area contributed by atoms with Crippen LogP contribution in [0.15, 0.2) is 72.6 Å². The van der Waals surface area contributed by atoms with E-state index < -0.39 is 0 Å². The molecule has 0 spiro atoms. The molecule has 0 bridgehead atoms. The summed E-state index contributed by atoms with van der Waals surface area (Å²) in [5.74, 6) is 1.04. The van der Waals surface area contributed by atoms with E-state index in [4.69, 9.17) is 9.47 Å². The van der Waals surface area contributed by atoms with Gasteiger partial charge in [-0.2, -0.15) is 0 Å². The number of Topliss-reactive ketones (excluding diaryl/α,β-unsaturated/α-hetero) is 1. The number of aromatic nitrogens is 1. The number of halogens is 1. The van der Waals surface area contributed by atoms with Crippen molar-refractivity contribution in [1.82, 2.24) is 4.57 Å². The van der Waals surface area contributed by atoms with Gasteiger partial charge in [0.15, 0.2) is 5.76 Å². The lowest BCUT2D eigenvalue weighted by Crippen LogP contribution is -1.98. The van der Waals surface area contributed by atoms with E-state index in [-0.39, 0.29) is 11.6 Å². The number of allylic oxidation sites excluding steroid dienone is 1. The first-order chi connectivity index (χ1) is 15.5. The summed E-state index contributed by atoms with van der Waals surface area (Å²) >= 11 is 0. The van der Waals surface area contributed by atoms with Crippen molar-refractivity contribution in [2.24, 2.45) is 0 Å². The lowest BCUT2D eigenvalue weighted by atomic mass is 10.1. The fraction of sp³-hybridized carbons (Fsp3) is 0.148. The number of ketones is 1. The van der Waals surface area contributed by atoms with E-state index in [0.29, 0.717) is 29.4 Å². The summed E-state index contributed by atoms with van der Waals surface area (Å²) in [7, 11) is 0. The van der Waals surface area contributed by atoms with Crippen molar-refractivity contribution < 1.29 is 18.7 Å². The molecule has 3 aromatic carbocycles. The van der Waals surface area contributed by atoms with Crippen LogP contribution in [-0.2, 0) is 13.2 Å². The normalized spacial score (nSPS) is 14.1. The van der Waals surface area contributed by atoms with Crippen LogP contribution in [0.1, 0.15) is 34.0 Å². The standard InChI is InChI=1S/C27H22FNO3/c1-3-29-15-19(21-6-4-5-7-23(21)29)14-25-26(30)22-12-13-24(17(2)27(22)32-25)31-16-18-8-10-20(28)11-9-18/h4-15H,3,16H2,1-2H3/b25-14-. The highest BCUT2D eigenvalue weighted by atomic mass is 19.1. The van der Waals surface area contributed by atoms with Crippen LogP contribution in [0.25, 0.3) is 17.0 Å². The van der Waals surface area contributed by atoms with E-state index in [2.05, 4.69) is 17.6 Å². The summed E-state index contributed by atoms with van der Waals surface area (Å²) in [6, 6.07) is 17.8. The molecule has 2 heterocycles. The average Bonchev–Trinajstić information content (AvgIpc) is 3.33. The summed E-state index contributed by atoms with van der Waals surface area (Å²) in [4.78, 5) is 13.0. The smallest absolute Gasteiger partial charge is 0.231 e. The van der Waals surface area contributed by atoms with Crippen LogP contribution in [0, 0.1) is 12.7 Å². The Balaban J connectivity index is 1.43. The summed E-state index contributed by atoms with van der Waals surface area (Å²) in [5.41, 5.74) is 4.22. The van der Waals surface area contributed by atoms with E-state index in [9.17, 15) is 9.18 Å². The molecule has 32 heavy (non-hydrogen) atoms. The Kier molecular flexibility index (Phi) is 5.02. The molecule has 4 nitrogen and oxygen atoms in total. The Morgan fingerprint density at radius 1 is 1.06 bits per heavy atom. The fourth-order valence-corrected chi connectivity index (χ4v) is 4.06. The van der Waals surface area contributed by atoms with E-state index in [0.717, 1.165) is 34.1 Å². The number of fused-ring (bicyclic) bond motifs is 2. The van der Waals surface area contributed by atoms with Crippen molar-refractivity contribution in [3.05, 3.63) is 101 Å². The predicted octanol–water partition coefficient (Wildman–Crippen LogP) is 6.30. The van der Waals surface area contributed by atoms with Gasteiger partial charge in [0.1, 0.15) is 23.9 Å². The topological polar surface area (TPSA) is 40.5 Å². The molecule has 0 fully saturated rings. The van der Waals surface area contributed by atoms with Gasteiger partial charge in [0.25, 0.3) is 0 Å². The maximum Gasteiger partial charge on any atom is 0.231 e. The van der Waals surface area contributed by atoms with Gasteiger partial charge in [0.2, 0.25) is 5.78 Å². The summed E-state index contributed by atoms with van der Waals surface area (Å²) in [6.07, 6.45) is 3.86. The Morgan fingerprint density at radius 3 is 2.62 bits per heavy atom. The minimum atomic E-state index is -0.282. The zero-order valence-corrected chi connectivity index (χ0v) is 17.9. The molecule has 1 aliphatic rings. The van der Waals surface area contributed by atoms with Crippen molar-refractivity contribution in [3.63, 3.8) is 0 Å². The number of para-hydroxylation sites is 1. The summed E-state index contributed by atoms with van der Waals surface area (Å²) in [6.45, 7) is 5.10. The number of carbonyl (C=O) groups is 1. The first kappa shape index (κ1) is 20.1. The molecule has 1 aliphatic heterocycles. The zero-order valence-electron chi connectivity index (χ0n) is 17.9. The van der Waals surface area contributed by atoms with Crippen LogP contribution < -0.4 is 9.47 Å². The molecular weight excluding hydrogens is 405 g/mol. The Morgan fingerprint density at radius 2 is 1.84 bits per heavy atom. The van der Waals surface area contributed by atoms with Crippen LogP contribution in [0.5, 0.6) is 11.5 Å². The highest BCUT2D eigenvalue weighted by Gasteiger charge is 2.30. The molecule has 0 unspecified atom stereocenters. The molecule has 4 aromatic rings. The van der Waals surface area contributed by atoms with Gasteiger partial charge in [-0.25, -0.2) is 4.39 Å². The van der Waals surface area contributed by atoms with Crippen molar-refractivity contribution in [2.75, 3.05) is 0 Å². The van der Waals surface area contributed by atoms with E-state index in [1.165, 1.54) is 12.1 Å². The largest absolute Gasteiger partial charge is 0.488 e. The molecule has 160 valence electrons. The number of nitrogens with zero attached hydrogens (tertiary/aromatic N) is 1. The number of rotatable bonds is 5. The number of aryl methyl sites for hydroxylation is 1. The quantitative estimate of drug-likeness (QED) is 0.351. The predicted molar refractivity (Wildman–Crippen MR) is 122 cm³/mol. The third-order valence-corrected chi connectivity index (χ3v) is 5.79. The van der Waals surface area contributed by atoms with Crippen LogP contribution in [-0.4, -0.2) is 10.4 Å². The average molecular weight is 427 g/mol. The van der Waals surface area contributed by atoms with Gasteiger partial charge in [-0.15, -0.1) is 0 Å². The maximum absolute atomic E-state index is 13.1. The molecule has 0 saturated carbocycles. The van der Waals surface area contributed by atoms with Crippen molar-refractivity contribution in [1.29, 1.82) is 0 Å².